The Bertz CT molecular complexity index is 939. The summed E-state index contributed by atoms with van der Waals surface area (Å²) in [6, 6.07) is 12.8. The highest BCUT2D eigenvalue weighted by atomic mass is 35.5. The van der Waals surface area contributed by atoms with Crippen molar-refractivity contribution in [2.45, 2.75) is 18.9 Å². The molecule has 5 nitrogen and oxygen atoms in total. The van der Waals surface area contributed by atoms with Gasteiger partial charge in [0.15, 0.2) is 5.82 Å². The van der Waals surface area contributed by atoms with Crippen LogP contribution in [0, 0.1) is 0 Å². The molecule has 0 spiro atoms. The number of hydrogen-bond donors (Lipinski definition) is 1. The highest BCUT2D eigenvalue weighted by molar-refractivity contribution is 6.31. The minimum atomic E-state index is 0.165. The minimum absolute atomic E-state index is 0.165. The lowest BCUT2D eigenvalue weighted by atomic mass is 10.1. The number of para-hydroxylation sites is 1. The number of hydrogen-bond acceptors (Lipinski definition) is 5. The molecular formula is C20H20ClN3O2. The van der Waals surface area contributed by atoms with E-state index in [4.69, 9.17) is 21.3 Å². The van der Waals surface area contributed by atoms with E-state index in [1.54, 1.807) is 19.2 Å². The molecule has 0 unspecified atom stereocenters. The summed E-state index contributed by atoms with van der Waals surface area (Å²) in [7, 11) is 1.76. The van der Waals surface area contributed by atoms with Crippen LogP contribution in [0.1, 0.15) is 12.8 Å². The first-order valence-electron chi connectivity index (χ1n) is 8.69. The van der Waals surface area contributed by atoms with Crippen LogP contribution in [0.3, 0.4) is 0 Å². The molecule has 0 radical (unpaired) electrons. The van der Waals surface area contributed by atoms with Crippen molar-refractivity contribution in [1.82, 2.24) is 9.97 Å². The smallest absolute Gasteiger partial charge is 0.165 e. The van der Waals surface area contributed by atoms with Crippen LogP contribution >= 0.6 is 11.6 Å². The molecule has 0 atom stereocenters. The summed E-state index contributed by atoms with van der Waals surface area (Å²) >= 11 is 6.18. The number of halogens is 1. The molecule has 1 aromatic heterocycles. The first kappa shape index (κ1) is 17.1. The Morgan fingerprint density at radius 1 is 1.12 bits per heavy atom. The van der Waals surface area contributed by atoms with Gasteiger partial charge in [0.25, 0.3) is 0 Å². The van der Waals surface area contributed by atoms with Crippen LogP contribution in [0.5, 0.6) is 5.75 Å². The monoisotopic (exact) mass is 369 g/mol. The Balaban J connectivity index is 1.84. The molecule has 3 aromatic rings. The molecule has 1 aliphatic heterocycles. The minimum Gasteiger partial charge on any atom is -0.507 e. The number of aromatic hydroxyl groups is 1. The second-order valence-electron chi connectivity index (χ2n) is 6.47. The number of ether oxygens (including phenoxy) is 1. The van der Waals surface area contributed by atoms with Gasteiger partial charge in [-0.1, -0.05) is 23.7 Å². The van der Waals surface area contributed by atoms with E-state index in [2.05, 4.69) is 9.88 Å². The molecule has 2 heterocycles. The summed E-state index contributed by atoms with van der Waals surface area (Å²) in [5, 5.41) is 11.8. The van der Waals surface area contributed by atoms with E-state index in [0.29, 0.717) is 22.5 Å². The number of phenols is 1. The zero-order chi connectivity index (χ0) is 18.1. The van der Waals surface area contributed by atoms with Gasteiger partial charge in [0.1, 0.15) is 11.6 Å². The molecule has 4 rings (SSSR count). The molecular weight excluding hydrogens is 350 g/mol. The molecule has 1 N–H and O–H groups in total. The average Bonchev–Trinajstić information content (AvgIpc) is 2.67. The number of piperidine rings is 1. The number of phenolic OH excluding ortho intramolecular Hbond substituents is 1. The van der Waals surface area contributed by atoms with Crippen LogP contribution in [-0.4, -0.2) is 41.4 Å². The topological polar surface area (TPSA) is 58.5 Å². The average molecular weight is 370 g/mol. The number of fused-ring (bicyclic) bond motifs is 1. The van der Waals surface area contributed by atoms with Gasteiger partial charge in [-0.25, -0.2) is 9.97 Å². The molecule has 26 heavy (non-hydrogen) atoms. The van der Waals surface area contributed by atoms with E-state index < -0.39 is 0 Å². The van der Waals surface area contributed by atoms with Gasteiger partial charge in [-0.05, 0) is 43.2 Å². The van der Waals surface area contributed by atoms with E-state index in [-0.39, 0.29) is 5.75 Å². The number of methoxy groups -OCH3 is 1. The van der Waals surface area contributed by atoms with Gasteiger partial charge < -0.3 is 14.7 Å². The summed E-state index contributed by atoms with van der Waals surface area (Å²) in [6.45, 7) is 1.74. The van der Waals surface area contributed by atoms with Gasteiger partial charge in [0.05, 0.1) is 17.2 Å². The van der Waals surface area contributed by atoms with Crippen LogP contribution in [-0.2, 0) is 4.74 Å². The second kappa shape index (κ2) is 7.09. The van der Waals surface area contributed by atoms with Crippen molar-refractivity contribution in [2.75, 3.05) is 25.1 Å². The SMILES string of the molecule is COC1CCN(c2nc(-c3ccccc3O)nc3cc(Cl)ccc23)CC1. The summed E-state index contributed by atoms with van der Waals surface area (Å²) in [4.78, 5) is 11.7. The third-order valence-electron chi connectivity index (χ3n) is 4.86. The Morgan fingerprint density at radius 2 is 1.88 bits per heavy atom. The van der Waals surface area contributed by atoms with E-state index >= 15 is 0 Å². The Kier molecular flexibility index (Phi) is 4.66. The van der Waals surface area contributed by atoms with Crippen LogP contribution in [0.4, 0.5) is 5.82 Å². The zero-order valence-electron chi connectivity index (χ0n) is 14.5. The fraction of sp³-hybridized carbons (Fsp3) is 0.300. The number of rotatable bonds is 3. The van der Waals surface area contributed by atoms with E-state index in [0.717, 1.165) is 42.7 Å². The summed E-state index contributed by atoms with van der Waals surface area (Å²) in [5.74, 6) is 1.54. The predicted molar refractivity (Wildman–Crippen MR) is 104 cm³/mol. The lowest BCUT2D eigenvalue weighted by molar-refractivity contribution is 0.0818. The fourth-order valence-electron chi connectivity index (χ4n) is 3.41. The third kappa shape index (κ3) is 3.20. The molecule has 0 bridgehead atoms. The molecule has 0 saturated carbocycles. The lowest BCUT2D eigenvalue weighted by Gasteiger charge is -2.32. The van der Waals surface area contributed by atoms with Gasteiger partial charge in [-0.3, -0.25) is 0 Å². The fourth-order valence-corrected chi connectivity index (χ4v) is 3.58. The zero-order valence-corrected chi connectivity index (χ0v) is 15.3. The van der Waals surface area contributed by atoms with Gasteiger partial charge >= 0.3 is 0 Å². The van der Waals surface area contributed by atoms with Gasteiger partial charge in [0, 0.05) is 30.6 Å². The van der Waals surface area contributed by atoms with E-state index in [1.165, 1.54) is 0 Å². The Morgan fingerprint density at radius 3 is 2.62 bits per heavy atom. The molecule has 1 fully saturated rings. The first-order valence-corrected chi connectivity index (χ1v) is 9.07. The molecule has 0 aliphatic carbocycles. The highest BCUT2D eigenvalue weighted by Gasteiger charge is 2.23. The number of benzene rings is 2. The van der Waals surface area contributed by atoms with Crippen molar-refractivity contribution >= 4 is 28.3 Å². The van der Waals surface area contributed by atoms with Crippen molar-refractivity contribution in [3.8, 4) is 17.1 Å². The first-order chi connectivity index (χ1) is 12.7. The maximum absolute atomic E-state index is 10.2. The van der Waals surface area contributed by atoms with Gasteiger partial charge in [-0.2, -0.15) is 0 Å². The maximum atomic E-state index is 10.2. The quantitative estimate of drug-likeness (QED) is 0.747. The second-order valence-corrected chi connectivity index (χ2v) is 6.91. The largest absolute Gasteiger partial charge is 0.507 e. The molecule has 1 aliphatic rings. The van der Waals surface area contributed by atoms with Crippen LogP contribution in [0.15, 0.2) is 42.5 Å². The van der Waals surface area contributed by atoms with Gasteiger partial charge in [-0.15, -0.1) is 0 Å². The Labute approximate surface area is 157 Å². The normalized spacial score (nSPS) is 15.5. The standard InChI is InChI=1S/C20H20ClN3O2/c1-26-14-8-10-24(11-9-14)20-15-7-6-13(21)12-17(15)22-19(23-20)16-4-2-3-5-18(16)25/h2-7,12,14,25H,8-11H2,1H3. The van der Waals surface area contributed by atoms with Crippen molar-refractivity contribution in [2.24, 2.45) is 0 Å². The van der Waals surface area contributed by atoms with Crippen LogP contribution in [0.25, 0.3) is 22.3 Å². The molecule has 134 valence electrons. The van der Waals surface area contributed by atoms with Crippen molar-refractivity contribution in [1.29, 1.82) is 0 Å². The van der Waals surface area contributed by atoms with E-state index in [1.807, 2.05) is 30.3 Å². The number of anilines is 1. The highest BCUT2D eigenvalue weighted by Crippen LogP contribution is 2.33. The van der Waals surface area contributed by atoms with Crippen LogP contribution in [0.2, 0.25) is 5.02 Å². The summed E-state index contributed by atoms with van der Waals surface area (Å²) in [5.41, 5.74) is 1.39. The van der Waals surface area contributed by atoms with E-state index in [9.17, 15) is 5.11 Å². The molecule has 2 aromatic carbocycles. The van der Waals surface area contributed by atoms with Crippen molar-refractivity contribution in [3.63, 3.8) is 0 Å². The third-order valence-corrected chi connectivity index (χ3v) is 5.09. The summed E-state index contributed by atoms with van der Waals surface area (Å²) in [6.07, 6.45) is 2.22. The molecule has 1 saturated heterocycles. The van der Waals surface area contributed by atoms with Crippen LogP contribution < -0.4 is 4.90 Å². The number of nitrogens with zero attached hydrogens (tertiary/aromatic N) is 3. The molecule has 0 amide bonds. The molecule has 6 heteroatoms. The van der Waals surface area contributed by atoms with Crippen molar-refractivity contribution < 1.29 is 9.84 Å². The number of aromatic nitrogens is 2. The van der Waals surface area contributed by atoms with Crippen molar-refractivity contribution in [3.05, 3.63) is 47.5 Å². The Hall–Kier alpha value is -2.37. The predicted octanol–water partition coefficient (Wildman–Crippen LogP) is 4.27. The lowest BCUT2D eigenvalue weighted by Crippen LogP contribution is -2.37. The summed E-state index contributed by atoms with van der Waals surface area (Å²) < 4.78 is 5.48. The maximum Gasteiger partial charge on any atom is 0.165 e. The van der Waals surface area contributed by atoms with Gasteiger partial charge in [0.2, 0.25) is 0 Å².